The molecule has 12 heteroatoms. The number of nitriles is 2. The first-order valence-corrected chi connectivity index (χ1v) is 9.80. The van der Waals surface area contributed by atoms with Gasteiger partial charge in [0, 0.05) is 38.1 Å². The molecule has 32 heavy (non-hydrogen) atoms. The van der Waals surface area contributed by atoms with Gasteiger partial charge < -0.3 is 15.0 Å². The molecule has 0 atom stereocenters. The number of nitrogens with zero attached hydrogens (tertiary/aromatic N) is 10. The molecule has 4 rings (SSSR count). The van der Waals surface area contributed by atoms with E-state index in [0.717, 1.165) is 0 Å². The summed E-state index contributed by atoms with van der Waals surface area (Å²) in [6.45, 7) is 4.23. The molecule has 0 spiro atoms. The molecular weight excluding hydrogens is 410 g/mol. The Kier molecular flexibility index (Phi) is 5.96. The summed E-state index contributed by atoms with van der Waals surface area (Å²) in [5.41, 5.74) is 1.65. The summed E-state index contributed by atoms with van der Waals surface area (Å²) in [5, 5.41) is 35.1. The fraction of sp³-hybridized carbons (Fsp3) is 0.300. The summed E-state index contributed by atoms with van der Waals surface area (Å²) in [6.07, 6.45) is 4.50. The fourth-order valence-corrected chi connectivity index (χ4v) is 3.27. The van der Waals surface area contributed by atoms with Gasteiger partial charge in [-0.2, -0.15) is 20.3 Å². The van der Waals surface area contributed by atoms with Crippen molar-refractivity contribution in [2.75, 3.05) is 43.6 Å². The van der Waals surface area contributed by atoms with Gasteiger partial charge >= 0.3 is 0 Å². The Morgan fingerprint density at radius 2 is 1.88 bits per heavy atom. The third-order valence-electron chi connectivity index (χ3n) is 4.91. The van der Waals surface area contributed by atoms with Crippen molar-refractivity contribution < 1.29 is 4.74 Å². The second kappa shape index (κ2) is 9.16. The number of aromatic nitrogens is 5. The van der Waals surface area contributed by atoms with Crippen LogP contribution in [0.2, 0.25) is 0 Å². The van der Waals surface area contributed by atoms with Crippen LogP contribution in [-0.2, 0) is 4.74 Å². The van der Waals surface area contributed by atoms with E-state index in [1.807, 2.05) is 11.0 Å². The topological polar surface area (TPSA) is 153 Å². The van der Waals surface area contributed by atoms with E-state index >= 15 is 0 Å². The molecule has 3 aromatic heterocycles. The standard InChI is InChI=1S/C20H19N11O/c1-13-15(11-22)19(30-6-8-32-9-7-30)27-17(23-2)16(13)28-29-18-14(10-21)12-26-31(18)20-24-4-3-5-25-20/h3-5,12H,6-9H2,1-2H3,(H,23,27). The maximum atomic E-state index is 9.83. The molecule has 0 bridgehead atoms. The van der Waals surface area contributed by atoms with E-state index in [2.05, 4.69) is 41.7 Å². The predicted octanol–water partition coefficient (Wildman–Crippen LogP) is 2.40. The number of rotatable bonds is 5. The van der Waals surface area contributed by atoms with E-state index in [1.165, 1.54) is 10.9 Å². The van der Waals surface area contributed by atoms with Gasteiger partial charge in [-0.05, 0) is 13.0 Å². The molecule has 0 aromatic carbocycles. The predicted molar refractivity (Wildman–Crippen MR) is 114 cm³/mol. The first kappa shape index (κ1) is 20.8. The number of hydrogen-bond acceptors (Lipinski definition) is 11. The molecule has 1 aliphatic heterocycles. The number of pyridine rings is 1. The fourth-order valence-electron chi connectivity index (χ4n) is 3.27. The van der Waals surface area contributed by atoms with Crippen LogP contribution in [0, 0.1) is 29.6 Å². The van der Waals surface area contributed by atoms with Crippen LogP contribution < -0.4 is 10.2 Å². The van der Waals surface area contributed by atoms with Crippen molar-refractivity contribution in [3.8, 4) is 18.1 Å². The zero-order valence-electron chi connectivity index (χ0n) is 17.5. The molecule has 1 aliphatic rings. The monoisotopic (exact) mass is 429 g/mol. The highest BCUT2D eigenvalue weighted by atomic mass is 16.5. The summed E-state index contributed by atoms with van der Waals surface area (Å²) in [6, 6.07) is 5.96. The molecule has 0 aliphatic carbocycles. The molecule has 1 N–H and O–H groups in total. The van der Waals surface area contributed by atoms with Crippen LogP contribution in [0.25, 0.3) is 5.95 Å². The van der Waals surface area contributed by atoms with Gasteiger partial charge in [-0.25, -0.2) is 15.0 Å². The number of morpholine rings is 1. The first-order valence-electron chi connectivity index (χ1n) is 9.80. The van der Waals surface area contributed by atoms with Gasteiger partial charge in [-0.3, -0.25) is 0 Å². The minimum Gasteiger partial charge on any atom is -0.378 e. The average molecular weight is 429 g/mol. The number of ether oxygens (including phenoxy) is 1. The summed E-state index contributed by atoms with van der Waals surface area (Å²) in [7, 11) is 1.72. The van der Waals surface area contributed by atoms with E-state index in [1.54, 1.807) is 32.4 Å². The van der Waals surface area contributed by atoms with Crippen molar-refractivity contribution in [1.29, 1.82) is 10.5 Å². The first-order chi connectivity index (χ1) is 15.7. The molecule has 0 radical (unpaired) electrons. The van der Waals surface area contributed by atoms with Crippen LogP contribution in [0.4, 0.5) is 23.1 Å². The van der Waals surface area contributed by atoms with E-state index < -0.39 is 0 Å². The zero-order valence-corrected chi connectivity index (χ0v) is 17.5. The smallest absolute Gasteiger partial charge is 0.252 e. The van der Waals surface area contributed by atoms with Gasteiger partial charge in [0.05, 0.1) is 25.0 Å². The van der Waals surface area contributed by atoms with Crippen molar-refractivity contribution in [2.24, 2.45) is 10.2 Å². The second-order valence-electron chi connectivity index (χ2n) is 6.75. The van der Waals surface area contributed by atoms with Crippen LogP contribution in [-0.4, -0.2) is 58.1 Å². The molecule has 0 saturated carbocycles. The van der Waals surface area contributed by atoms with Crippen molar-refractivity contribution in [1.82, 2.24) is 24.7 Å². The summed E-state index contributed by atoms with van der Waals surface area (Å²) in [4.78, 5) is 15.0. The quantitative estimate of drug-likeness (QED) is 0.602. The maximum Gasteiger partial charge on any atom is 0.252 e. The number of hydrogen-bond donors (Lipinski definition) is 1. The minimum absolute atomic E-state index is 0.177. The molecule has 4 heterocycles. The third-order valence-corrected chi connectivity index (χ3v) is 4.91. The molecule has 3 aromatic rings. The summed E-state index contributed by atoms with van der Waals surface area (Å²) < 4.78 is 6.74. The van der Waals surface area contributed by atoms with Gasteiger partial charge in [0.25, 0.3) is 5.95 Å². The Morgan fingerprint density at radius 1 is 1.12 bits per heavy atom. The van der Waals surface area contributed by atoms with Gasteiger partial charge in [0.15, 0.2) is 11.6 Å². The summed E-state index contributed by atoms with van der Waals surface area (Å²) >= 11 is 0. The van der Waals surface area contributed by atoms with Crippen LogP contribution in [0.15, 0.2) is 34.9 Å². The molecule has 0 amide bonds. The Morgan fingerprint density at radius 3 is 2.53 bits per heavy atom. The largest absolute Gasteiger partial charge is 0.378 e. The van der Waals surface area contributed by atoms with E-state index in [4.69, 9.17) is 4.74 Å². The minimum atomic E-state index is 0.177. The Labute approximate surface area is 183 Å². The van der Waals surface area contributed by atoms with Crippen LogP contribution in [0.1, 0.15) is 16.7 Å². The zero-order chi connectivity index (χ0) is 22.5. The normalized spacial score (nSPS) is 13.7. The van der Waals surface area contributed by atoms with E-state index in [9.17, 15) is 10.5 Å². The van der Waals surface area contributed by atoms with Crippen LogP contribution >= 0.6 is 0 Å². The Bertz CT molecular complexity index is 1230. The lowest BCUT2D eigenvalue weighted by molar-refractivity contribution is 0.122. The van der Waals surface area contributed by atoms with Gasteiger partial charge in [0.1, 0.15) is 29.2 Å². The average Bonchev–Trinajstić information content (AvgIpc) is 3.26. The van der Waals surface area contributed by atoms with Crippen molar-refractivity contribution in [3.63, 3.8) is 0 Å². The SMILES string of the molecule is CNc1nc(N2CCOCC2)c(C#N)c(C)c1N=Nc1c(C#N)cnn1-c1ncccn1. The van der Waals surface area contributed by atoms with Crippen LogP contribution in [0.3, 0.4) is 0 Å². The van der Waals surface area contributed by atoms with E-state index in [0.29, 0.717) is 54.8 Å². The van der Waals surface area contributed by atoms with E-state index in [-0.39, 0.29) is 17.3 Å². The van der Waals surface area contributed by atoms with Crippen molar-refractivity contribution in [3.05, 3.63) is 41.3 Å². The summed E-state index contributed by atoms with van der Waals surface area (Å²) in [5.74, 6) is 1.48. The lowest BCUT2D eigenvalue weighted by Crippen LogP contribution is -2.37. The third kappa shape index (κ3) is 3.82. The van der Waals surface area contributed by atoms with Gasteiger partial charge in [-0.15, -0.1) is 10.2 Å². The van der Waals surface area contributed by atoms with Gasteiger partial charge in [0.2, 0.25) is 0 Å². The number of nitrogens with one attached hydrogen (secondary N) is 1. The highest BCUT2D eigenvalue weighted by molar-refractivity contribution is 5.74. The lowest BCUT2D eigenvalue weighted by atomic mass is 10.1. The molecule has 12 nitrogen and oxygen atoms in total. The molecule has 0 unspecified atom stereocenters. The maximum absolute atomic E-state index is 9.83. The number of anilines is 2. The van der Waals surface area contributed by atoms with Crippen molar-refractivity contribution in [2.45, 2.75) is 6.92 Å². The molecule has 1 saturated heterocycles. The molecule has 160 valence electrons. The van der Waals surface area contributed by atoms with Crippen molar-refractivity contribution >= 4 is 23.1 Å². The molecular formula is C20H19N11O. The second-order valence-corrected chi connectivity index (χ2v) is 6.75. The highest BCUT2D eigenvalue weighted by Crippen LogP contribution is 2.36. The molecule has 1 fully saturated rings. The number of azo groups is 1. The highest BCUT2D eigenvalue weighted by Gasteiger charge is 2.23. The van der Waals surface area contributed by atoms with Crippen LogP contribution in [0.5, 0.6) is 0 Å². The Balaban J connectivity index is 1.80. The Hall–Kier alpha value is -4.42. The lowest BCUT2D eigenvalue weighted by Gasteiger charge is -2.29. The van der Waals surface area contributed by atoms with Gasteiger partial charge in [-0.1, -0.05) is 0 Å².